The van der Waals surface area contributed by atoms with Crippen molar-refractivity contribution in [2.45, 2.75) is 13.5 Å². The topological polar surface area (TPSA) is 81.0 Å². The van der Waals surface area contributed by atoms with Crippen molar-refractivity contribution in [1.29, 1.82) is 0 Å². The van der Waals surface area contributed by atoms with E-state index in [2.05, 4.69) is 15.5 Å². The van der Waals surface area contributed by atoms with Crippen LogP contribution in [0.4, 0.5) is 5.69 Å². The number of aromatic nitrogens is 2. The van der Waals surface area contributed by atoms with Gasteiger partial charge in [-0.25, -0.2) is 0 Å². The Morgan fingerprint density at radius 1 is 1.39 bits per heavy atom. The van der Waals surface area contributed by atoms with Crippen LogP contribution in [0, 0.1) is 17.0 Å². The highest BCUT2D eigenvalue weighted by Gasteiger charge is 2.12. The summed E-state index contributed by atoms with van der Waals surface area (Å²) in [6.07, 6.45) is 0. The Morgan fingerprint density at radius 2 is 2.17 bits per heavy atom. The van der Waals surface area contributed by atoms with Crippen LogP contribution in [0.5, 0.6) is 0 Å². The molecule has 1 aromatic heterocycles. The van der Waals surface area contributed by atoms with Crippen LogP contribution in [0.2, 0.25) is 0 Å². The van der Waals surface area contributed by atoms with Gasteiger partial charge >= 0.3 is 0 Å². The number of benzene rings is 1. The van der Waals surface area contributed by atoms with Crippen molar-refractivity contribution in [3.63, 3.8) is 0 Å². The molecule has 0 fully saturated rings. The molecule has 0 atom stereocenters. The Labute approximate surface area is 108 Å². The largest absolute Gasteiger partial charge is 0.313 e. The highest BCUT2D eigenvalue weighted by molar-refractivity contribution is 7.14. The molecule has 0 spiro atoms. The number of nitrogens with zero attached hydrogens (tertiary/aromatic N) is 3. The van der Waals surface area contributed by atoms with Gasteiger partial charge in [-0.05, 0) is 25.6 Å². The standard InChI is InChI=1S/C11H12N4O2S/c1-7-3-8(5-9(4-7)15(16)17)11-14-13-10(18-11)6-12-2/h3-5,12H,6H2,1-2H3. The van der Waals surface area contributed by atoms with Crippen molar-refractivity contribution in [2.24, 2.45) is 0 Å². The average Bonchev–Trinajstić information content (AvgIpc) is 2.77. The molecule has 0 aliphatic carbocycles. The Bertz CT molecular complexity index is 582. The lowest BCUT2D eigenvalue weighted by molar-refractivity contribution is -0.384. The average molecular weight is 264 g/mol. The van der Waals surface area contributed by atoms with Crippen molar-refractivity contribution in [2.75, 3.05) is 7.05 Å². The van der Waals surface area contributed by atoms with E-state index >= 15 is 0 Å². The van der Waals surface area contributed by atoms with Crippen LogP contribution in [-0.4, -0.2) is 22.2 Å². The minimum Gasteiger partial charge on any atom is -0.313 e. The maximum Gasteiger partial charge on any atom is 0.270 e. The smallest absolute Gasteiger partial charge is 0.270 e. The normalized spacial score (nSPS) is 10.6. The number of hydrogen-bond acceptors (Lipinski definition) is 6. The van der Waals surface area contributed by atoms with E-state index in [4.69, 9.17) is 0 Å². The lowest BCUT2D eigenvalue weighted by atomic mass is 10.1. The maximum atomic E-state index is 10.8. The lowest BCUT2D eigenvalue weighted by Gasteiger charge is -1.98. The van der Waals surface area contributed by atoms with Crippen LogP contribution in [0.1, 0.15) is 10.6 Å². The van der Waals surface area contributed by atoms with Crippen LogP contribution < -0.4 is 5.32 Å². The van der Waals surface area contributed by atoms with E-state index in [-0.39, 0.29) is 5.69 Å². The van der Waals surface area contributed by atoms with E-state index in [1.807, 2.05) is 20.0 Å². The summed E-state index contributed by atoms with van der Waals surface area (Å²) in [4.78, 5) is 10.4. The van der Waals surface area contributed by atoms with E-state index < -0.39 is 4.92 Å². The molecule has 1 heterocycles. The van der Waals surface area contributed by atoms with E-state index in [1.54, 1.807) is 6.07 Å². The van der Waals surface area contributed by atoms with Gasteiger partial charge in [0.15, 0.2) is 0 Å². The van der Waals surface area contributed by atoms with Crippen molar-refractivity contribution >= 4 is 17.0 Å². The highest BCUT2D eigenvalue weighted by atomic mass is 32.1. The zero-order chi connectivity index (χ0) is 13.1. The number of rotatable bonds is 4. The van der Waals surface area contributed by atoms with E-state index in [0.717, 1.165) is 16.1 Å². The van der Waals surface area contributed by atoms with Gasteiger partial charge in [-0.2, -0.15) is 0 Å². The second kappa shape index (κ2) is 5.19. The molecule has 0 saturated carbocycles. The van der Waals surface area contributed by atoms with Crippen LogP contribution in [0.15, 0.2) is 18.2 Å². The number of nitro benzene ring substituents is 1. The second-order valence-electron chi connectivity index (χ2n) is 3.85. The van der Waals surface area contributed by atoms with Gasteiger partial charge in [0.1, 0.15) is 10.0 Å². The van der Waals surface area contributed by atoms with Gasteiger partial charge in [0.25, 0.3) is 5.69 Å². The Kier molecular flexibility index (Phi) is 3.63. The van der Waals surface area contributed by atoms with Gasteiger partial charge in [0.2, 0.25) is 0 Å². The van der Waals surface area contributed by atoms with Crippen molar-refractivity contribution in [3.05, 3.63) is 38.9 Å². The van der Waals surface area contributed by atoms with Gasteiger partial charge < -0.3 is 5.32 Å². The molecule has 7 heteroatoms. The van der Waals surface area contributed by atoms with Crippen LogP contribution in [0.25, 0.3) is 10.6 Å². The summed E-state index contributed by atoms with van der Waals surface area (Å²) in [5.41, 5.74) is 1.65. The molecular formula is C11H12N4O2S. The minimum absolute atomic E-state index is 0.0790. The summed E-state index contributed by atoms with van der Waals surface area (Å²) >= 11 is 1.43. The number of aryl methyl sites for hydroxylation is 1. The molecule has 1 aromatic carbocycles. The van der Waals surface area contributed by atoms with Gasteiger partial charge in [0, 0.05) is 24.2 Å². The number of non-ortho nitro benzene ring substituents is 1. The summed E-state index contributed by atoms with van der Waals surface area (Å²) in [5.74, 6) is 0. The first-order chi connectivity index (χ1) is 8.60. The van der Waals surface area contributed by atoms with Gasteiger partial charge in [-0.15, -0.1) is 10.2 Å². The quantitative estimate of drug-likeness (QED) is 0.676. The first-order valence-electron chi connectivity index (χ1n) is 5.33. The van der Waals surface area contributed by atoms with Crippen LogP contribution >= 0.6 is 11.3 Å². The minimum atomic E-state index is -0.397. The van der Waals surface area contributed by atoms with Gasteiger partial charge in [-0.3, -0.25) is 10.1 Å². The van der Waals surface area contributed by atoms with Gasteiger partial charge in [0.05, 0.1) is 4.92 Å². The Balaban J connectivity index is 2.39. The molecule has 2 rings (SSSR count). The number of nitro groups is 1. The third-order valence-electron chi connectivity index (χ3n) is 2.31. The zero-order valence-corrected chi connectivity index (χ0v) is 10.8. The molecule has 0 aliphatic rings. The molecule has 0 aliphatic heterocycles. The highest BCUT2D eigenvalue weighted by Crippen LogP contribution is 2.28. The Hall–Kier alpha value is -1.86. The predicted molar refractivity (Wildman–Crippen MR) is 69.5 cm³/mol. The summed E-state index contributed by atoms with van der Waals surface area (Å²) in [7, 11) is 1.83. The van der Waals surface area contributed by atoms with Crippen molar-refractivity contribution in [1.82, 2.24) is 15.5 Å². The molecule has 1 N–H and O–H groups in total. The van der Waals surface area contributed by atoms with Crippen LogP contribution in [-0.2, 0) is 6.54 Å². The zero-order valence-electron chi connectivity index (χ0n) is 10.0. The van der Waals surface area contributed by atoms with Crippen molar-refractivity contribution in [3.8, 4) is 10.6 Å². The van der Waals surface area contributed by atoms with E-state index in [9.17, 15) is 10.1 Å². The molecule has 0 amide bonds. The molecule has 2 aromatic rings. The Morgan fingerprint density at radius 3 is 2.83 bits per heavy atom. The van der Waals surface area contributed by atoms with E-state index in [0.29, 0.717) is 11.6 Å². The SMILES string of the molecule is CNCc1nnc(-c2cc(C)cc([N+](=O)[O-])c2)s1. The molecular weight excluding hydrogens is 252 g/mol. The number of nitrogens with one attached hydrogen (secondary N) is 1. The molecule has 0 radical (unpaired) electrons. The summed E-state index contributed by atoms with van der Waals surface area (Å²) in [5, 5.41) is 23.4. The molecule has 6 nitrogen and oxygen atoms in total. The third-order valence-corrected chi connectivity index (χ3v) is 3.29. The molecule has 94 valence electrons. The monoisotopic (exact) mass is 264 g/mol. The second-order valence-corrected chi connectivity index (χ2v) is 4.91. The number of hydrogen-bond donors (Lipinski definition) is 1. The summed E-state index contributed by atoms with van der Waals surface area (Å²) < 4.78 is 0. The van der Waals surface area contributed by atoms with E-state index in [1.165, 1.54) is 17.4 Å². The van der Waals surface area contributed by atoms with Crippen LogP contribution in [0.3, 0.4) is 0 Å². The summed E-state index contributed by atoms with van der Waals surface area (Å²) in [6, 6.07) is 4.94. The third kappa shape index (κ3) is 2.69. The fourth-order valence-corrected chi connectivity index (χ4v) is 2.42. The van der Waals surface area contributed by atoms with Crippen molar-refractivity contribution < 1.29 is 4.92 Å². The fourth-order valence-electron chi connectivity index (χ4n) is 1.58. The molecule has 0 saturated heterocycles. The first kappa shape index (κ1) is 12.6. The summed E-state index contributed by atoms with van der Waals surface area (Å²) in [6.45, 7) is 2.47. The molecule has 0 bridgehead atoms. The predicted octanol–water partition coefficient (Wildman–Crippen LogP) is 2.14. The van der Waals surface area contributed by atoms with Gasteiger partial charge in [-0.1, -0.05) is 11.3 Å². The molecule has 18 heavy (non-hydrogen) atoms. The maximum absolute atomic E-state index is 10.8. The lowest BCUT2D eigenvalue weighted by Crippen LogP contribution is -2.04. The molecule has 0 unspecified atom stereocenters. The first-order valence-corrected chi connectivity index (χ1v) is 6.15. The fraction of sp³-hybridized carbons (Fsp3) is 0.273.